The van der Waals surface area contributed by atoms with Gasteiger partial charge < -0.3 is 16.2 Å². The van der Waals surface area contributed by atoms with E-state index >= 15 is 0 Å². The van der Waals surface area contributed by atoms with Gasteiger partial charge >= 0.3 is 5.97 Å². The number of hydrogen-bond acceptors (Lipinski definition) is 6. The molecular formula is C24H22ClN5O2. The largest absolute Gasteiger partial charge is 0.478 e. The topological polar surface area (TPSA) is 113 Å². The summed E-state index contributed by atoms with van der Waals surface area (Å²) in [6, 6.07) is 14.5. The number of carboxylic acid groups (broad SMARTS) is 1. The number of rotatable bonds is 6. The van der Waals surface area contributed by atoms with Crippen molar-refractivity contribution in [1.82, 2.24) is 9.97 Å². The second kappa shape index (κ2) is 9.20. The fraction of sp³-hybridized carbons (Fsp3) is 0.167. The molecule has 1 aliphatic carbocycles. The van der Waals surface area contributed by atoms with Crippen molar-refractivity contribution >= 4 is 40.5 Å². The van der Waals surface area contributed by atoms with Crippen LogP contribution in [0.1, 0.15) is 33.6 Å². The highest BCUT2D eigenvalue weighted by molar-refractivity contribution is 6.33. The summed E-state index contributed by atoms with van der Waals surface area (Å²) in [5.41, 5.74) is 12.4. The van der Waals surface area contributed by atoms with Gasteiger partial charge in [0.25, 0.3) is 0 Å². The maximum absolute atomic E-state index is 11.1. The molecule has 4 rings (SSSR count). The Morgan fingerprint density at radius 3 is 2.69 bits per heavy atom. The maximum atomic E-state index is 11.1. The zero-order valence-corrected chi connectivity index (χ0v) is 18.2. The highest BCUT2D eigenvalue weighted by Crippen LogP contribution is 2.32. The lowest BCUT2D eigenvalue weighted by molar-refractivity contribution is 0.0697. The second-order valence-electron chi connectivity index (χ2n) is 7.43. The third kappa shape index (κ3) is 4.48. The van der Waals surface area contributed by atoms with Gasteiger partial charge in [0.2, 0.25) is 5.95 Å². The standard InChI is InChI=1S/C24H22ClN5O2/c1-27-20(11-14-5-3-2-4-6-14)21-18(26)9-7-16-13-28-24(30-22(16)21)29-19-10-8-15(23(31)32)12-17(19)25/h2-6,8,10,12-13H,7,9,11,26H2,1H3,(H,31,32)(H,28,29,30). The molecular weight excluding hydrogens is 426 g/mol. The van der Waals surface area contributed by atoms with Crippen LogP contribution in [0.3, 0.4) is 0 Å². The number of fused-ring (bicyclic) bond motifs is 1. The number of aryl methyl sites for hydroxylation is 1. The Balaban J connectivity index is 1.67. The number of nitrogens with one attached hydrogen (secondary N) is 1. The number of halogens is 1. The van der Waals surface area contributed by atoms with Crippen LogP contribution in [-0.2, 0) is 12.8 Å². The van der Waals surface area contributed by atoms with Crippen LogP contribution in [-0.4, -0.2) is 33.8 Å². The van der Waals surface area contributed by atoms with E-state index in [-0.39, 0.29) is 10.6 Å². The van der Waals surface area contributed by atoms with Crippen molar-refractivity contribution in [3.05, 3.63) is 87.8 Å². The van der Waals surface area contributed by atoms with E-state index in [2.05, 4.69) is 27.4 Å². The average Bonchev–Trinajstić information content (AvgIpc) is 2.79. The van der Waals surface area contributed by atoms with Crippen LogP contribution in [0.25, 0.3) is 5.57 Å². The number of allylic oxidation sites excluding steroid dienone is 2. The predicted molar refractivity (Wildman–Crippen MR) is 127 cm³/mol. The van der Waals surface area contributed by atoms with Crippen molar-refractivity contribution in [2.45, 2.75) is 19.3 Å². The number of hydrogen-bond donors (Lipinski definition) is 3. The predicted octanol–water partition coefficient (Wildman–Crippen LogP) is 4.50. The lowest BCUT2D eigenvalue weighted by Crippen LogP contribution is -2.20. The Labute approximate surface area is 190 Å². The van der Waals surface area contributed by atoms with Gasteiger partial charge in [-0.15, -0.1) is 0 Å². The van der Waals surface area contributed by atoms with E-state index in [4.69, 9.17) is 27.4 Å². The molecule has 0 fully saturated rings. The van der Waals surface area contributed by atoms with Crippen LogP contribution in [0.15, 0.2) is 65.4 Å². The summed E-state index contributed by atoms with van der Waals surface area (Å²) in [4.78, 5) is 24.8. The highest BCUT2D eigenvalue weighted by atomic mass is 35.5. The SMILES string of the molecule is CN=C(Cc1ccccc1)C1=C(N)CCc2cnc(Nc3ccc(C(=O)O)cc3Cl)nc21. The number of benzene rings is 2. The van der Waals surface area contributed by atoms with Crippen LogP contribution in [0, 0.1) is 0 Å². The molecule has 162 valence electrons. The van der Waals surface area contributed by atoms with E-state index in [0.717, 1.165) is 46.6 Å². The van der Waals surface area contributed by atoms with Crippen LogP contribution < -0.4 is 11.1 Å². The summed E-state index contributed by atoms with van der Waals surface area (Å²) in [5.74, 6) is -0.699. The number of aromatic carboxylic acids is 1. The minimum atomic E-state index is -1.04. The number of nitrogens with two attached hydrogens (primary N) is 1. The van der Waals surface area contributed by atoms with Gasteiger partial charge in [0.1, 0.15) is 0 Å². The average molecular weight is 448 g/mol. The molecule has 4 N–H and O–H groups in total. The monoisotopic (exact) mass is 447 g/mol. The van der Waals surface area contributed by atoms with E-state index in [1.807, 2.05) is 18.2 Å². The molecule has 0 unspecified atom stereocenters. The molecule has 1 aromatic heterocycles. The Morgan fingerprint density at radius 2 is 2.00 bits per heavy atom. The van der Waals surface area contributed by atoms with Crippen molar-refractivity contribution in [1.29, 1.82) is 0 Å². The third-order valence-corrected chi connectivity index (χ3v) is 5.63. The van der Waals surface area contributed by atoms with Gasteiger partial charge in [0.05, 0.1) is 22.0 Å². The van der Waals surface area contributed by atoms with Gasteiger partial charge in [-0.05, 0) is 42.2 Å². The first-order chi connectivity index (χ1) is 15.5. The molecule has 2 aromatic carbocycles. The summed E-state index contributed by atoms with van der Waals surface area (Å²) in [6.07, 6.45) is 3.89. The first-order valence-electron chi connectivity index (χ1n) is 10.1. The lowest BCUT2D eigenvalue weighted by Gasteiger charge is -2.22. The second-order valence-corrected chi connectivity index (χ2v) is 7.83. The van der Waals surface area contributed by atoms with E-state index in [9.17, 15) is 4.79 Å². The molecule has 8 heteroatoms. The molecule has 0 radical (unpaired) electrons. The Kier molecular flexibility index (Phi) is 6.18. The summed E-state index contributed by atoms with van der Waals surface area (Å²) in [5, 5.41) is 12.5. The van der Waals surface area contributed by atoms with Crippen LogP contribution in [0.5, 0.6) is 0 Å². The first-order valence-corrected chi connectivity index (χ1v) is 10.5. The molecule has 7 nitrogen and oxygen atoms in total. The van der Waals surface area contributed by atoms with Crippen LogP contribution >= 0.6 is 11.6 Å². The fourth-order valence-electron chi connectivity index (χ4n) is 3.67. The van der Waals surface area contributed by atoms with Crippen molar-refractivity contribution in [3.8, 4) is 0 Å². The first kappa shape index (κ1) is 21.5. The van der Waals surface area contributed by atoms with Crippen molar-refractivity contribution in [3.63, 3.8) is 0 Å². The number of anilines is 2. The molecule has 0 saturated heterocycles. The van der Waals surface area contributed by atoms with Gasteiger partial charge in [-0.1, -0.05) is 41.9 Å². The number of aliphatic imine (C=N–C) groups is 1. The summed E-state index contributed by atoms with van der Waals surface area (Å²) in [6.45, 7) is 0. The summed E-state index contributed by atoms with van der Waals surface area (Å²) in [7, 11) is 1.76. The smallest absolute Gasteiger partial charge is 0.335 e. The minimum absolute atomic E-state index is 0.106. The van der Waals surface area contributed by atoms with Crippen LogP contribution in [0.2, 0.25) is 5.02 Å². The number of carboxylic acids is 1. The minimum Gasteiger partial charge on any atom is -0.478 e. The van der Waals surface area contributed by atoms with Gasteiger partial charge in [0, 0.05) is 36.6 Å². The van der Waals surface area contributed by atoms with Crippen molar-refractivity contribution in [2.24, 2.45) is 10.7 Å². The van der Waals surface area contributed by atoms with E-state index in [0.29, 0.717) is 18.1 Å². The third-order valence-electron chi connectivity index (χ3n) is 5.32. The highest BCUT2D eigenvalue weighted by Gasteiger charge is 2.24. The molecule has 0 spiro atoms. The van der Waals surface area contributed by atoms with Gasteiger partial charge in [-0.2, -0.15) is 0 Å². The molecule has 1 aliphatic rings. The van der Waals surface area contributed by atoms with Gasteiger partial charge in [-0.25, -0.2) is 14.8 Å². The van der Waals surface area contributed by atoms with Gasteiger partial charge in [-0.3, -0.25) is 4.99 Å². The molecule has 0 aliphatic heterocycles. The number of carbonyl (C=O) groups is 1. The van der Waals surface area contributed by atoms with Crippen LogP contribution in [0.4, 0.5) is 11.6 Å². The van der Waals surface area contributed by atoms with Crippen molar-refractivity contribution in [2.75, 3.05) is 12.4 Å². The molecule has 0 bridgehead atoms. The van der Waals surface area contributed by atoms with E-state index in [1.54, 1.807) is 19.3 Å². The quantitative estimate of drug-likeness (QED) is 0.479. The summed E-state index contributed by atoms with van der Waals surface area (Å²) >= 11 is 6.25. The Bertz CT molecular complexity index is 1240. The zero-order valence-electron chi connectivity index (χ0n) is 17.5. The molecule has 1 heterocycles. The molecule has 0 atom stereocenters. The van der Waals surface area contributed by atoms with E-state index in [1.165, 1.54) is 12.1 Å². The number of nitrogens with zero attached hydrogens (tertiary/aromatic N) is 3. The molecule has 3 aromatic rings. The molecule has 0 saturated carbocycles. The van der Waals surface area contributed by atoms with Crippen molar-refractivity contribution < 1.29 is 9.90 Å². The normalized spacial score (nSPS) is 13.6. The summed E-state index contributed by atoms with van der Waals surface area (Å²) < 4.78 is 0. The maximum Gasteiger partial charge on any atom is 0.335 e. The molecule has 0 amide bonds. The number of aromatic nitrogens is 2. The fourth-order valence-corrected chi connectivity index (χ4v) is 3.90. The Morgan fingerprint density at radius 1 is 1.22 bits per heavy atom. The van der Waals surface area contributed by atoms with Gasteiger partial charge in [0.15, 0.2) is 0 Å². The lowest BCUT2D eigenvalue weighted by atomic mass is 9.88. The molecule has 32 heavy (non-hydrogen) atoms. The zero-order chi connectivity index (χ0) is 22.7. The van der Waals surface area contributed by atoms with E-state index < -0.39 is 5.97 Å². The Hall–Kier alpha value is -3.71.